The molecule has 1 aliphatic heterocycles. The second-order valence-corrected chi connectivity index (χ2v) is 9.04. The third kappa shape index (κ3) is 3.58. The zero-order valence-corrected chi connectivity index (χ0v) is 18.5. The molecule has 0 bridgehead atoms. The van der Waals surface area contributed by atoms with Crippen molar-refractivity contribution in [3.63, 3.8) is 0 Å². The van der Waals surface area contributed by atoms with E-state index in [0.717, 1.165) is 15.0 Å². The number of hydrogen-bond donors (Lipinski definition) is 0. The number of thiophene rings is 1. The molecule has 2 aromatic carbocycles. The molecule has 1 aliphatic rings. The van der Waals surface area contributed by atoms with Gasteiger partial charge < -0.3 is 4.90 Å². The van der Waals surface area contributed by atoms with Crippen molar-refractivity contribution in [2.45, 2.75) is 26.4 Å². The van der Waals surface area contributed by atoms with Crippen LogP contribution in [-0.2, 0) is 24.3 Å². The molecule has 0 unspecified atom stereocenters. The van der Waals surface area contributed by atoms with Gasteiger partial charge in [0.1, 0.15) is 16.5 Å². The van der Waals surface area contributed by atoms with Crippen molar-refractivity contribution >= 4 is 27.5 Å². The van der Waals surface area contributed by atoms with Gasteiger partial charge in [0.2, 0.25) is 5.91 Å². The Morgan fingerprint density at radius 1 is 1.06 bits per heavy atom. The van der Waals surface area contributed by atoms with Gasteiger partial charge in [0.25, 0.3) is 5.56 Å². The number of fused-ring (bicyclic) bond motifs is 3. The second-order valence-electron chi connectivity index (χ2n) is 7.95. The molecule has 5 rings (SSSR count). The van der Waals surface area contributed by atoms with Gasteiger partial charge >= 0.3 is 5.69 Å². The fourth-order valence-corrected chi connectivity index (χ4v) is 5.58. The normalized spacial score (nSPS) is 13.4. The molecule has 3 heterocycles. The number of carbonyl (C=O) groups excluding carboxylic acids is 1. The van der Waals surface area contributed by atoms with Crippen molar-refractivity contribution in [2.24, 2.45) is 0 Å². The lowest BCUT2D eigenvalue weighted by Gasteiger charge is -2.25. The van der Waals surface area contributed by atoms with E-state index in [1.807, 2.05) is 0 Å². The molecule has 2 aromatic heterocycles. The molecule has 0 N–H and O–H groups in total. The topological polar surface area (TPSA) is 64.3 Å². The van der Waals surface area contributed by atoms with E-state index in [-0.39, 0.29) is 18.1 Å². The Kier molecular flexibility index (Phi) is 5.20. The molecule has 0 radical (unpaired) electrons. The Balaban J connectivity index is 1.81. The molecular formula is C24H19F2N3O3S. The van der Waals surface area contributed by atoms with Gasteiger partial charge in [0.15, 0.2) is 0 Å². The molecule has 168 valence electrons. The van der Waals surface area contributed by atoms with Gasteiger partial charge in [-0.3, -0.25) is 14.2 Å². The van der Waals surface area contributed by atoms with Crippen LogP contribution in [0.3, 0.4) is 0 Å². The average Bonchev–Trinajstić information content (AvgIpc) is 3.18. The summed E-state index contributed by atoms with van der Waals surface area (Å²) in [5.41, 5.74) is 0.207. The zero-order valence-electron chi connectivity index (χ0n) is 17.7. The minimum absolute atomic E-state index is 0.0643. The highest BCUT2D eigenvalue weighted by molar-refractivity contribution is 7.18. The molecule has 1 amide bonds. The first kappa shape index (κ1) is 21.3. The number of halogens is 2. The maximum Gasteiger partial charge on any atom is 0.337 e. The number of benzene rings is 2. The van der Waals surface area contributed by atoms with E-state index >= 15 is 0 Å². The van der Waals surface area contributed by atoms with Crippen LogP contribution in [0.2, 0.25) is 0 Å². The second kappa shape index (κ2) is 8.08. The number of amides is 1. The van der Waals surface area contributed by atoms with Gasteiger partial charge in [-0.1, -0.05) is 18.2 Å². The van der Waals surface area contributed by atoms with Crippen LogP contribution >= 0.6 is 11.3 Å². The van der Waals surface area contributed by atoms with Gasteiger partial charge in [-0.05, 0) is 42.3 Å². The van der Waals surface area contributed by atoms with Gasteiger partial charge in [-0.15, -0.1) is 11.3 Å². The monoisotopic (exact) mass is 467 g/mol. The van der Waals surface area contributed by atoms with Crippen LogP contribution in [0.4, 0.5) is 8.78 Å². The summed E-state index contributed by atoms with van der Waals surface area (Å²) >= 11 is 1.28. The fourth-order valence-electron chi connectivity index (χ4n) is 4.23. The van der Waals surface area contributed by atoms with Crippen molar-refractivity contribution in [3.05, 3.63) is 97.0 Å². The Hall–Kier alpha value is -3.59. The van der Waals surface area contributed by atoms with Crippen LogP contribution in [0, 0.1) is 11.6 Å². The van der Waals surface area contributed by atoms with E-state index in [1.54, 1.807) is 23.1 Å². The minimum Gasteiger partial charge on any atom is -0.337 e. The average molecular weight is 467 g/mol. The number of hydrogen-bond acceptors (Lipinski definition) is 4. The molecule has 6 nitrogen and oxygen atoms in total. The first-order chi connectivity index (χ1) is 15.8. The smallest absolute Gasteiger partial charge is 0.337 e. The van der Waals surface area contributed by atoms with Crippen molar-refractivity contribution in [3.8, 4) is 5.69 Å². The lowest BCUT2D eigenvalue weighted by molar-refractivity contribution is -0.129. The van der Waals surface area contributed by atoms with E-state index in [1.165, 1.54) is 53.2 Å². The maximum absolute atomic E-state index is 14.5. The van der Waals surface area contributed by atoms with E-state index in [9.17, 15) is 23.2 Å². The van der Waals surface area contributed by atoms with Crippen LogP contribution in [0.5, 0.6) is 0 Å². The number of nitrogens with zero attached hydrogens (tertiary/aromatic N) is 3. The highest BCUT2D eigenvalue weighted by atomic mass is 32.1. The van der Waals surface area contributed by atoms with Crippen molar-refractivity contribution in [2.75, 3.05) is 6.54 Å². The lowest BCUT2D eigenvalue weighted by atomic mass is 10.1. The standard InChI is InChI=1S/C24H19F2N3O3S/c1-14(30)27-11-10-18-20(13-27)33-23-21(18)22(31)29(17-8-6-16(25)7-9-17)24(32)28(23)12-15-4-2-3-5-19(15)26/h2-9H,10-13H2,1H3. The van der Waals surface area contributed by atoms with E-state index in [2.05, 4.69) is 0 Å². The Morgan fingerprint density at radius 2 is 1.79 bits per heavy atom. The molecule has 0 atom stereocenters. The summed E-state index contributed by atoms with van der Waals surface area (Å²) in [4.78, 5) is 42.0. The van der Waals surface area contributed by atoms with Crippen molar-refractivity contribution in [1.29, 1.82) is 0 Å². The molecule has 0 aliphatic carbocycles. The SMILES string of the molecule is CC(=O)N1CCc2c(sc3c2c(=O)n(-c2ccc(F)cc2)c(=O)n3Cc2ccccc2F)C1. The first-order valence-electron chi connectivity index (χ1n) is 10.4. The van der Waals surface area contributed by atoms with Gasteiger partial charge in [0.05, 0.1) is 24.2 Å². The summed E-state index contributed by atoms with van der Waals surface area (Å²) in [6.45, 7) is 2.25. The number of aromatic nitrogens is 2. The van der Waals surface area contributed by atoms with Crippen LogP contribution in [0.25, 0.3) is 15.9 Å². The summed E-state index contributed by atoms with van der Waals surface area (Å²) in [5, 5.41) is 0.387. The Bertz CT molecular complexity index is 1520. The molecule has 0 spiro atoms. The van der Waals surface area contributed by atoms with Crippen LogP contribution in [0.15, 0.2) is 58.1 Å². The summed E-state index contributed by atoms with van der Waals surface area (Å²) < 4.78 is 30.4. The molecular weight excluding hydrogens is 448 g/mol. The van der Waals surface area contributed by atoms with E-state index in [0.29, 0.717) is 35.3 Å². The quantitative estimate of drug-likeness (QED) is 0.464. The fraction of sp³-hybridized carbons (Fsp3) is 0.208. The summed E-state index contributed by atoms with van der Waals surface area (Å²) in [5.74, 6) is -1.01. The van der Waals surface area contributed by atoms with Gasteiger partial charge in [-0.2, -0.15) is 0 Å². The molecule has 0 saturated carbocycles. The molecule has 33 heavy (non-hydrogen) atoms. The van der Waals surface area contributed by atoms with Crippen molar-refractivity contribution < 1.29 is 13.6 Å². The molecule has 4 aromatic rings. The van der Waals surface area contributed by atoms with Gasteiger partial charge in [0, 0.05) is 23.9 Å². The first-order valence-corrected chi connectivity index (χ1v) is 11.2. The Morgan fingerprint density at radius 3 is 2.48 bits per heavy atom. The summed E-state index contributed by atoms with van der Waals surface area (Å²) in [6.07, 6.45) is 0.478. The molecule has 0 fully saturated rings. The highest BCUT2D eigenvalue weighted by Gasteiger charge is 2.27. The van der Waals surface area contributed by atoms with E-state index < -0.39 is 22.9 Å². The summed E-state index contributed by atoms with van der Waals surface area (Å²) in [7, 11) is 0. The predicted octanol–water partition coefficient (Wildman–Crippen LogP) is 3.45. The number of carbonyl (C=O) groups is 1. The third-order valence-electron chi connectivity index (χ3n) is 5.94. The predicted molar refractivity (Wildman–Crippen MR) is 122 cm³/mol. The molecule has 9 heteroatoms. The third-order valence-corrected chi connectivity index (χ3v) is 7.18. The molecule has 0 saturated heterocycles. The number of rotatable bonds is 3. The van der Waals surface area contributed by atoms with Crippen LogP contribution in [-0.4, -0.2) is 26.5 Å². The largest absolute Gasteiger partial charge is 0.337 e. The maximum atomic E-state index is 14.5. The lowest BCUT2D eigenvalue weighted by Crippen LogP contribution is -2.39. The summed E-state index contributed by atoms with van der Waals surface area (Å²) in [6, 6.07) is 11.3. The van der Waals surface area contributed by atoms with E-state index in [4.69, 9.17) is 0 Å². The van der Waals surface area contributed by atoms with Gasteiger partial charge in [-0.25, -0.2) is 18.1 Å². The minimum atomic E-state index is -0.635. The van der Waals surface area contributed by atoms with Crippen molar-refractivity contribution in [1.82, 2.24) is 14.0 Å². The highest BCUT2D eigenvalue weighted by Crippen LogP contribution is 2.33. The Labute approximate surface area is 190 Å². The van der Waals surface area contributed by atoms with Crippen LogP contribution in [0.1, 0.15) is 22.9 Å². The zero-order chi connectivity index (χ0) is 23.3. The van der Waals surface area contributed by atoms with Crippen LogP contribution < -0.4 is 11.2 Å².